The van der Waals surface area contributed by atoms with Crippen LogP contribution in [-0.4, -0.2) is 16.6 Å². The number of anilines is 1. The molecule has 3 N–H and O–H groups in total. The van der Waals surface area contributed by atoms with Gasteiger partial charge in [0.05, 0.1) is 6.61 Å². The molecule has 1 rings (SSSR count). The lowest BCUT2D eigenvalue weighted by Gasteiger charge is -2.06. The molecule has 0 spiro atoms. The first kappa shape index (κ1) is 11.5. The Balaban J connectivity index is 2.52. The highest BCUT2D eigenvalue weighted by molar-refractivity contribution is 5.36. The Kier molecular flexibility index (Phi) is 4.56. The molecular weight excluding hydrogens is 192 g/mol. The number of aryl methyl sites for hydroxylation is 1. The van der Waals surface area contributed by atoms with E-state index in [1.807, 2.05) is 6.08 Å². The van der Waals surface area contributed by atoms with E-state index < -0.39 is 0 Å². The lowest BCUT2D eigenvalue weighted by atomic mass is 10.3. The standard InChI is InChI=1S/C10H16N4O/c1-3-4-5-6-15-10-7-9(14-11)12-8(2)13-10/h3,7H,1,4-6,11H2,2H3,(H,12,13,14). The summed E-state index contributed by atoms with van der Waals surface area (Å²) >= 11 is 0. The summed E-state index contributed by atoms with van der Waals surface area (Å²) in [5.74, 6) is 6.98. The third kappa shape index (κ3) is 3.95. The quantitative estimate of drug-likeness (QED) is 0.320. The molecule has 0 unspecified atom stereocenters. The maximum Gasteiger partial charge on any atom is 0.218 e. The Bertz CT molecular complexity index is 327. The van der Waals surface area contributed by atoms with Gasteiger partial charge in [-0.25, -0.2) is 10.8 Å². The first-order valence-corrected chi connectivity index (χ1v) is 4.82. The van der Waals surface area contributed by atoms with E-state index >= 15 is 0 Å². The molecule has 0 aliphatic heterocycles. The van der Waals surface area contributed by atoms with Crippen molar-refractivity contribution in [2.75, 3.05) is 12.0 Å². The van der Waals surface area contributed by atoms with Crippen molar-refractivity contribution in [2.45, 2.75) is 19.8 Å². The largest absolute Gasteiger partial charge is 0.478 e. The van der Waals surface area contributed by atoms with Gasteiger partial charge in [-0.3, -0.25) is 0 Å². The highest BCUT2D eigenvalue weighted by Crippen LogP contribution is 2.12. The Labute approximate surface area is 89.3 Å². The van der Waals surface area contributed by atoms with Gasteiger partial charge in [0, 0.05) is 6.07 Å². The van der Waals surface area contributed by atoms with Crippen LogP contribution in [0.4, 0.5) is 5.82 Å². The van der Waals surface area contributed by atoms with E-state index in [-0.39, 0.29) is 0 Å². The minimum atomic E-state index is 0.541. The molecule has 0 amide bonds. The number of allylic oxidation sites excluding steroid dienone is 1. The lowest BCUT2D eigenvalue weighted by Crippen LogP contribution is -2.10. The van der Waals surface area contributed by atoms with E-state index in [9.17, 15) is 0 Å². The van der Waals surface area contributed by atoms with Crippen LogP contribution < -0.4 is 16.0 Å². The molecule has 0 aliphatic rings. The summed E-state index contributed by atoms with van der Waals surface area (Å²) in [5.41, 5.74) is 2.46. The van der Waals surface area contributed by atoms with Gasteiger partial charge < -0.3 is 10.2 Å². The number of ether oxygens (including phenoxy) is 1. The summed E-state index contributed by atoms with van der Waals surface area (Å²) in [6.45, 7) is 6.05. The van der Waals surface area contributed by atoms with Crippen molar-refractivity contribution < 1.29 is 4.74 Å². The molecule has 5 nitrogen and oxygen atoms in total. The van der Waals surface area contributed by atoms with Gasteiger partial charge in [0.25, 0.3) is 0 Å². The van der Waals surface area contributed by atoms with E-state index in [2.05, 4.69) is 22.0 Å². The number of aromatic nitrogens is 2. The van der Waals surface area contributed by atoms with Gasteiger partial charge in [0.15, 0.2) is 0 Å². The van der Waals surface area contributed by atoms with Crippen molar-refractivity contribution in [1.82, 2.24) is 9.97 Å². The minimum Gasteiger partial charge on any atom is -0.478 e. The van der Waals surface area contributed by atoms with Crippen LogP contribution in [0.25, 0.3) is 0 Å². The van der Waals surface area contributed by atoms with Gasteiger partial charge in [-0.15, -0.1) is 6.58 Å². The Morgan fingerprint density at radius 3 is 3.07 bits per heavy atom. The summed E-state index contributed by atoms with van der Waals surface area (Å²) in [7, 11) is 0. The molecule has 0 bridgehead atoms. The second-order valence-electron chi connectivity index (χ2n) is 3.06. The zero-order valence-electron chi connectivity index (χ0n) is 8.86. The number of hydrogen-bond donors (Lipinski definition) is 2. The van der Waals surface area contributed by atoms with Crippen LogP contribution in [-0.2, 0) is 0 Å². The van der Waals surface area contributed by atoms with E-state index in [0.717, 1.165) is 12.8 Å². The fourth-order valence-electron chi connectivity index (χ4n) is 1.09. The molecule has 82 valence electrons. The first-order chi connectivity index (χ1) is 7.26. The fraction of sp³-hybridized carbons (Fsp3) is 0.400. The normalized spacial score (nSPS) is 9.73. The number of unbranched alkanes of at least 4 members (excludes halogenated alkanes) is 1. The van der Waals surface area contributed by atoms with Crippen LogP contribution in [0.1, 0.15) is 18.7 Å². The van der Waals surface area contributed by atoms with Crippen LogP contribution in [0.3, 0.4) is 0 Å². The van der Waals surface area contributed by atoms with Crippen molar-refractivity contribution in [3.8, 4) is 5.88 Å². The molecule has 0 atom stereocenters. The highest BCUT2D eigenvalue weighted by Gasteiger charge is 2.00. The third-order valence-electron chi connectivity index (χ3n) is 1.76. The van der Waals surface area contributed by atoms with Crippen molar-refractivity contribution in [1.29, 1.82) is 0 Å². The fourth-order valence-corrected chi connectivity index (χ4v) is 1.09. The maximum absolute atomic E-state index is 5.44. The third-order valence-corrected chi connectivity index (χ3v) is 1.76. The van der Waals surface area contributed by atoms with Gasteiger partial charge in [0.2, 0.25) is 5.88 Å². The second-order valence-corrected chi connectivity index (χ2v) is 3.06. The van der Waals surface area contributed by atoms with Gasteiger partial charge >= 0.3 is 0 Å². The molecule has 0 saturated heterocycles. The van der Waals surface area contributed by atoms with Crippen molar-refractivity contribution >= 4 is 5.82 Å². The van der Waals surface area contributed by atoms with Crippen LogP contribution in [0.2, 0.25) is 0 Å². The number of nitrogens with zero attached hydrogens (tertiary/aromatic N) is 2. The molecule has 1 aromatic heterocycles. The Morgan fingerprint density at radius 2 is 2.40 bits per heavy atom. The van der Waals surface area contributed by atoms with Crippen LogP contribution in [0.5, 0.6) is 5.88 Å². The predicted octanol–water partition coefficient (Wildman–Crippen LogP) is 1.42. The van der Waals surface area contributed by atoms with E-state index in [0.29, 0.717) is 24.1 Å². The molecule has 0 aromatic carbocycles. The van der Waals surface area contributed by atoms with Gasteiger partial charge in [-0.2, -0.15) is 4.98 Å². The van der Waals surface area contributed by atoms with Gasteiger partial charge in [-0.05, 0) is 19.8 Å². The average Bonchev–Trinajstić information content (AvgIpc) is 2.23. The zero-order valence-corrected chi connectivity index (χ0v) is 8.86. The zero-order chi connectivity index (χ0) is 11.1. The van der Waals surface area contributed by atoms with E-state index in [4.69, 9.17) is 10.6 Å². The number of nitrogens with one attached hydrogen (secondary N) is 1. The smallest absolute Gasteiger partial charge is 0.218 e. The topological polar surface area (TPSA) is 73.1 Å². The molecule has 15 heavy (non-hydrogen) atoms. The average molecular weight is 208 g/mol. The van der Waals surface area contributed by atoms with Crippen LogP contribution in [0.15, 0.2) is 18.7 Å². The van der Waals surface area contributed by atoms with Crippen LogP contribution in [0, 0.1) is 6.92 Å². The summed E-state index contributed by atoms with van der Waals surface area (Å²) in [5, 5.41) is 0. The molecule has 0 fully saturated rings. The lowest BCUT2D eigenvalue weighted by molar-refractivity contribution is 0.299. The molecule has 0 saturated carbocycles. The highest BCUT2D eigenvalue weighted by atomic mass is 16.5. The van der Waals surface area contributed by atoms with Crippen LogP contribution >= 0.6 is 0 Å². The molecule has 5 heteroatoms. The second kappa shape index (κ2) is 5.98. The summed E-state index contributed by atoms with van der Waals surface area (Å²) in [6.07, 6.45) is 3.73. The first-order valence-electron chi connectivity index (χ1n) is 4.82. The molecule has 0 radical (unpaired) electrons. The van der Waals surface area contributed by atoms with Gasteiger partial charge in [0.1, 0.15) is 11.6 Å². The van der Waals surface area contributed by atoms with E-state index in [1.54, 1.807) is 13.0 Å². The SMILES string of the molecule is C=CCCCOc1cc(NN)nc(C)n1. The predicted molar refractivity (Wildman–Crippen MR) is 59.5 cm³/mol. The minimum absolute atomic E-state index is 0.541. The number of hydrazine groups is 1. The maximum atomic E-state index is 5.44. The molecule has 1 aromatic rings. The number of nitrogen functional groups attached to an aromatic ring is 1. The van der Waals surface area contributed by atoms with Gasteiger partial charge in [-0.1, -0.05) is 6.08 Å². The number of nitrogens with two attached hydrogens (primary N) is 1. The number of hydrogen-bond acceptors (Lipinski definition) is 5. The summed E-state index contributed by atoms with van der Waals surface area (Å²) in [6, 6.07) is 1.67. The molecular formula is C10H16N4O. The Hall–Kier alpha value is -1.62. The monoisotopic (exact) mass is 208 g/mol. The van der Waals surface area contributed by atoms with Crippen molar-refractivity contribution in [2.24, 2.45) is 5.84 Å². The summed E-state index contributed by atoms with van der Waals surface area (Å²) < 4.78 is 5.44. The summed E-state index contributed by atoms with van der Waals surface area (Å²) in [4.78, 5) is 8.18. The van der Waals surface area contributed by atoms with E-state index in [1.165, 1.54) is 0 Å². The molecule has 0 aliphatic carbocycles. The molecule has 1 heterocycles. The Morgan fingerprint density at radius 1 is 1.60 bits per heavy atom. The van der Waals surface area contributed by atoms with Crippen molar-refractivity contribution in [3.63, 3.8) is 0 Å². The van der Waals surface area contributed by atoms with Crippen molar-refractivity contribution in [3.05, 3.63) is 24.5 Å². The number of rotatable bonds is 6.